The van der Waals surface area contributed by atoms with Crippen molar-refractivity contribution in [2.45, 2.75) is 31.4 Å². The Balaban J connectivity index is 1.87. The Kier molecular flexibility index (Phi) is 5.17. The Labute approximate surface area is 110 Å². The van der Waals surface area contributed by atoms with Gasteiger partial charge in [-0.05, 0) is 32.0 Å². The third kappa shape index (κ3) is 3.55. The van der Waals surface area contributed by atoms with Crippen LogP contribution in [-0.2, 0) is 4.74 Å². The Morgan fingerprint density at radius 3 is 2.78 bits per heavy atom. The maximum Gasteiger partial charge on any atom is 0.0947 e. The number of hydrogen-bond acceptors (Lipinski definition) is 3. The average Bonchev–Trinajstić information content (AvgIpc) is 2.42. The van der Waals surface area contributed by atoms with Crippen molar-refractivity contribution >= 4 is 0 Å². The lowest BCUT2D eigenvalue weighted by Crippen LogP contribution is -2.40. The zero-order valence-electron chi connectivity index (χ0n) is 11.2. The molecule has 3 nitrogen and oxygen atoms in total. The summed E-state index contributed by atoms with van der Waals surface area (Å²) in [7, 11) is 2.19. The third-order valence-corrected chi connectivity index (χ3v) is 3.80. The first-order valence-electron chi connectivity index (χ1n) is 6.88. The molecule has 1 heterocycles. The number of ether oxygens (including phenoxy) is 1. The molecule has 2 rings (SSSR count). The van der Waals surface area contributed by atoms with Gasteiger partial charge >= 0.3 is 0 Å². The Bertz CT molecular complexity index is 342. The average molecular weight is 248 g/mol. The molecule has 1 aromatic rings. The first kappa shape index (κ1) is 13.5. The van der Waals surface area contributed by atoms with Crippen molar-refractivity contribution in [3.63, 3.8) is 0 Å². The molecule has 0 aromatic heterocycles. The summed E-state index contributed by atoms with van der Waals surface area (Å²) in [6.45, 7) is 2.51. The lowest BCUT2D eigenvalue weighted by molar-refractivity contribution is 0.00670. The number of rotatable bonds is 5. The molecule has 1 fully saturated rings. The lowest BCUT2D eigenvalue weighted by atomic mass is 10.0. The molecule has 0 amide bonds. The van der Waals surface area contributed by atoms with Crippen molar-refractivity contribution in [2.24, 2.45) is 5.73 Å². The summed E-state index contributed by atoms with van der Waals surface area (Å²) >= 11 is 0. The molecule has 0 aliphatic carbocycles. The van der Waals surface area contributed by atoms with E-state index in [0.717, 1.165) is 6.61 Å². The minimum absolute atomic E-state index is 0.0292. The molecule has 0 radical (unpaired) electrons. The molecule has 2 atom stereocenters. The van der Waals surface area contributed by atoms with Gasteiger partial charge in [0.05, 0.1) is 12.7 Å². The molecule has 2 unspecified atom stereocenters. The largest absolute Gasteiger partial charge is 0.371 e. The second-order valence-electron chi connectivity index (χ2n) is 5.10. The van der Waals surface area contributed by atoms with Crippen LogP contribution in [0.5, 0.6) is 0 Å². The first-order chi connectivity index (χ1) is 8.81. The fourth-order valence-electron chi connectivity index (χ4n) is 2.55. The van der Waals surface area contributed by atoms with Crippen LogP contribution in [0.25, 0.3) is 0 Å². The van der Waals surface area contributed by atoms with Gasteiger partial charge in [-0.2, -0.15) is 0 Å². The third-order valence-electron chi connectivity index (χ3n) is 3.80. The van der Waals surface area contributed by atoms with Gasteiger partial charge in [-0.3, -0.25) is 0 Å². The molecular formula is C15H24N2O. The molecular weight excluding hydrogens is 224 g/mol. The van der Waals surface area contributed by atoms with Gasteiger partial charge in [-0.1, -0.05) is 36.8 Å². The Hall–Kier alpha value is -0.900. The number of benzene rings is 1. The van der Waals surface area contributed by atoms with Crippen LogP contribution in [0.3, 0.4) is 0 Å². The molecule has 1 aliphatic heterocycles. The topological polar surface area (TPSA) is 38.5 Å². The van der Waals surface area contributed by atoms with E-state index in [1.54, 1.807) is 0 Å². The van der Waals surface area contributed by atoms with E-state index in [2.05, 4.69) is 24.1 Å². The minimum atomic E-state index is 0.0292. The van der Waals surface area contributed by atoms with E-state index in [0.29, 0.717) is 12.6 Å². The molecule has 2 N–H and O–H groups in total. The normalized spacial score (nSPS) is 22.9. The van der Waals surface area contributed by atoms with Gasteiger partial charge in [0.25, 0.3) is 0 Å². The Morgan fingerprint density at radius 2 is 2.11 bits per heavy atom. The highest BCUT2D eigenvalue weighted by Crippen LogP contribution is 2.20. The Morgan fingerprint density at radius 1 is 1.33 bits per heavy atom. The van der Waals surface area contributed by atoms with Crippen LogP contribution in [0.4, 0.5) is 0 Å². The van der Waals surface area contributed by atoms with Gasteiger partial charge in [0.2, 0.25) is 0 Å². The lowest BCUT2D eigenvalue weighted by Gasteiger charge is -2.33. The number of nitrogens with two attached hydrogens (primary N) is 1. The summed E-state index contributed by atoms with van der Waals surface area (Å²) < 4.78 is 6.02. The summed E-state index contributed by atoms with van der Waals surface area (Å²) in [4.78, 5) is 2.40. The fourth-order valence-corrected chi connectivity index (χ4v) is 2.55. The number of piperidine rings is 1. The molecule has 100 valence electrons. The number of likely N-dealkylation sites (tertiary alicyclic amines) is 1. The summed E-state index contributed by atoms with van der Waals surface area (Å²) in [5.41, 5.74) is 7.00. The predicted molar refractivity (Wildman–Crippen MR) is 74.5 cm³/mol. The van der Waals surface area contributed by atoms with Crippen molar-refractivity contribution in [1.82, 2.24) is 4.90 Å². The number of nitrogens with zero attached hydrogens (tertiary/aromatic N) is 1. The van der Waals surface area contributed by atoms with E-state index >= 15 is 0 Å². The van der Waals surface area contributed by atoms with Gasteiger partial charge < -0.3 is 15.4 Å². The summed E-state index contributed by atoms with van der Waals surface area (Å²) in [5.74, 6) is 0. The van der Waals surface area contributed by atoms with E-state index in [9.17, 15) is 0 Å². The van der Waals surface area contributed by atoms with Crippen LogP contribution in [0, 0.1) is 0 Å². The van der Waals surface area contributed by atoms with Gasteiger partial charge in [0.15, 0.2) is 0 Å². The van der Waals surface area contributed by atoms with Crippen molar-refractivity contribution in [2.75, 3.05) is 26.7 Å². The highest BCUT2D eigenvalue weighted by Gasteiger charge is 2.20. The van der Waals surface area contributed by atoms with Crippen LogP contribution in [0.1, 0.15) is 30.9 Å². The van der Waals surface area contributed by atoms with Gasteiger partial charge in [-0.15, -0.1) is 0 Å². The second kappa shape index (κ2) is 6.88. The standard InChI is InChI=1S/C15H24N2O/c1-17-10-6-5-9-14(17)12-18-15(11-16)13-7-3-2-4-8-13/h2-4,7-8,14-15H,5-6,9-12,16H2,1H3. The monoisotopic (exact) mass is 248 g/mol. The number of likely N-dealkylation sites (N-methyl/N-ethyl adjacent to an activating group) is 1. The molecule has 0 saturated carbocycles. The maximum atomic E-state index is 6.02. The summed E-state index contributed by atoms with van der Waals surface area (Å²) in [6.07, 6.45) is 3.90. The van der Waals surface area contributed by atoms with Gasteiger partial charge in [-0.25, -0.2) is 0 Å². The predicted octanol–water partition coefficient (Wildman–Crippen LogP) is 2.19. The van der Waals surface area contributed by atoms with Crippen LogP contribution in [0.15, 0.2) is 30.3 Å². The quantitative estimate of drug-likeness (QED) is 0.868. The van der Waals surface area contributed by atoms with Crippen LogP contribution >= 0.6 is 0 Å². The fraction of sp³-hybridized carbons (Fsp3) is 0.600. The van der Waals surface area contributed by atoms with Crippen LogP contribution in [-0.4, -0.2) is 37.7 Å². The summed E-state index contributed by atoms with van der Waals surface area (Å²) in [6, 6.07) is 10.8. The SMILES string of the molecule is CN1CCCCC1COC(CN)c1ccccc1. The van der Waals surface area contributed by atoms with E-state index < -0.39 is 0 Å². The molecule has 0 spiro atoms. The molecule has 1 aromatic carbocycles. The van der Waals surface area contributed by atoms with E-state index in [1.165, 1.54) is 31.4 Å². The van der Waals surface area contributed by atoms with Crippen molar-refractivity contribution in [3.05, 3.63) is 35.9 Å². The minimum Gasteiger partial charge on any atom is -0.371 e. The van der Waals surface area contributed by atoms with E-state index in [4.69, 9.17) is 10.5 Å². The molecule has 3 heteroatoms. The van der Waals surface area contributed by atoms with Crippen molar-refractivity contribution in [3.8, 4) is 0 Å². The molecule has 1 aliphatic rings. The van der Waals surface area contributed by atoms with Crippen LogP contribution in [0.2, 0.25) is 0 Å². The first-order valence-corrected chi connectivity index (χ1v) is 6.88. The van der Waals surface area contributed by atoms with E-state index in [-0.39, 0.29) is 6.10 Å². The molecule has 18 heavy (non-hydrogen) atoms. The van der Waals surface area contributed by atoms with Gasteiger partial charge in [0, 0.05) is 12.6 Å². The van der Waals surface area contributed by atoms with E-state index in [1.807, 2.05) is 18.2 Å². The highest BCUT2D eigenvalue weighted by atomic mass is 16.5. The zero-order chi connectivity index (χ0) is 12.8. The van der Waals surface area contributed by atoms with Crippen molar-refractivity contribution in [1.29, 1.82) is 0 Å². The van der Waals surface area contributed by atoms with Crippen molar-refractivity contribution < 1.29 is 4.74 Å². The summed E-state index contributed by atoms with van der Waals surface area (Å²) in [5, 5.41) is 0. The van der Waals surface area contributed by atoms with Crippen LogP contribution < -0.4 is 5.73 Å². The molecule has 0 bridgehead atoms. The highest BCUT2D eigenvalue weighted by molar-refractivity contribution is 5.17. The number of hydrogen-bond donors (Lipinski definition) is 1. The van der Waals surface area contributed by atoms with Gasteiger partial charge in [0.1, 0.15) is 0 Å². The zero-order valence-corrected chi connectivity index (χ0v) is 11.2. The molecule has 1 saturated heterocycles. The second-order valence-corrected chi connectivity index (χ2v) is 5.10. The smallest absolute Gasteiger partial charge is 0.0947 e. The maximum absolute atomic E-state index is 6.02.